The molecule has 20 heavy (non-hydrogen) atoms. The zero-order chi connectivity index (χ0) is 14.4. The standard InChI is InChI=1S/C18H17ClO/c1-2-3-14-4-6-15(7-5-14)8-9-16-10-12-17(13-11-16)18(19)20/h4-13H,2-3H2,1H3/b9-8+. The third-order valence-corrected chi connectivity index (χ3v) is 3.34. The average Bonchev–Trinajstić information content (AvgIpc) is 2.47. The molecule has 2 heteroatoms. The fraction of sp³-hybridized carbons (Fsp3) is 0.167. The van der Waals surface area contributed by atoms with E-state index in [-0.39, 0.29) is 0 Å². The van der Waals surface area contributed by atoms with Gasteiger partial charge < -0.3 is 0 Å². The van der Waals surface area contributed by atoms with Gasteiger partial charge in [0, 0.05) is 5.56 Å². The van der Waals surface area contributed by atoms with Crippen LogP contribution in [0.5, 0.6) is 0 Å². The zero-order valence-electron chi connectivity index (χ0n) is 11.5. The maximum atomic E-state index is 11.0. The molecular formula is C18H17ClO. The number of hydrogen-bond donors (Lipinski definition) is 0. The van der Waals surface area contributed by atoms with Crippen LogP contribution in [-0.2, 0) is 6.42 Å². The summed E-state index contributed by atoms with van der Waals surface area (Å²) in [5, 5.41) is -0.424. The van der Waals surface area contributed by atoms with Crippen molar-refractivity contribution in [2.45, 2.75) is 19.8 Å². The highest BCUT2D eigenvalue weighted by atomic mass is 35.5. The summed E-state index contributed by atoms with van der Waals surface area (Å²) in [6.45, 7) is 2.18. The van der Waals surface area contributed by atoms with E-state index in [1.165, 1.54) is 17.5 Å². The number of hydrogen-bond acceptors (Lipinski definition) is 1. The number of aryl methyl sites for hydroxylation is 1. The van der Waals surface area contributed by atoms with E-state index in [1.54, 1.807) is 12.1 Å². The van der Waals surface area contributed by atoms with Gasteiger partial charge in [-0.2, -0.15) is 0 Å². The molecule has 0 spiro atoms. The van der Waals surface area contributed by atoms with Crippen LogP contribution >= 0.6 is 11.6 Å². The van der Waals surface area contributed by atoms with Gasteiger partial charge >= 0.3 is 0 Å². The highest BCUT2D eigenvalue weighted by molar-refractivity contribution is 6.67. The van der Waals surface area contributed by atoms with Gasteiger partial charge in [-0.25, -0.2) is 0 Å². The molecule has 0 heterocycles. The summed E-state index contributed by atoms with van der Waals surface area (Å²) in [6.07, 6.45) is 6.38. The summed E-state index contributed by atoms with van der Waals surface area (Å²) in [5.74, 6) is 0. The van der Waals surface area contributed by atoms with E-state index in [4.69, 9.17) is 11.6 Å². The minimum Gasteiger partial charge on any atom is -0.276 e. The van der Waals surface area contributed by atoms with Crippen LogP contribution in [0.1, 0.15) is 40.4 Å². The molecule has 0 aliphatic rings. The normalized spacial score (nSPS) is 10.9. The zero-order valence-corrected chi connectivity index (χ0v) is 12.2. The van der Waals surface area contributed by atoms with Gasteiger partial charge in [0.1, 0.15) is 0 Å². The van der Waals surface area contributed by atoms with Crippen LogP contribution in [0.25, 0.3) is 12.2 Å². The molecule has 0 saturated heterocycles. The van der Waals surface area contributed by atoms with E-state index in [1.807, 2.05) is 18.2 Å². The average molecular weight is 285 g/mol. The minimum atomic E-state index is -0.424. The Morgan fingerprint density at radius 1 is 0.950 bits per heavy atom. The Hall–Kier alpha value is -1.86. The molecule has 0 saturated carbocycles. The molecule has 0 unspecified atom stereocenters. The van der Waals surface area contributed by atoms with Gasteiger partial charge in [0.15, 0.2) is 0 Å². The van der Waals surface area contributed by atoms with Gasteiger partial charge in [-0.05, 0) is 46.8 Å². The van der Waals surface area contributed by atoms with Crippen molar-refractivity contribution in [2.24, 2.45) is 0 Å². The minimum absolute atomic E-state index is 0.424. The summed E-state index contributed by atoms with van der Waals surface area (Å²) in [5.41, 5.74) is 4.11. The first-order chi connectivity index (χ1) is 9.69. The van der Waals surface area contributed by atoms with Crippen LogP contribution in [0.2, 0.25) is 0 Å². The number of rotatable bonds is 5. The first kappa shape index (κ1) is 14.5. The molecule has 0 aromatic heterocycles. The summed E-state index contributed by atoms with van der Waals surface area (Å²) < 4.78 is 0. The first-order valence-electron chi connectivity index (χ1n) is 6.76. The van der Waals surface area contributed by atoms with E-state index >= 15 is 0 Å². The lowest BCUT2D eigenvalue weighted by molar-refractivity contribution is 0.108. The number of halogens is 1. The van der Waals surface area contributed by atoms with E-state index in [2.05, 4.69) is 37.3 Å². The van der Waals surface area contributed by atoms with Crippen molar-refractivity contribution in [1.82, 2.24) is 0 Å². The monoisotopic (exact) mass is 284 g/mol. The third-order valence-electron chi connectivity index (χ3n) is 3.12. The Bertz CT molecular complexity index is 594. The van der Waals surface area contributed by atoms with Crippen molar-refractivity contribution >= 4 is 29.0 Å². The second kappa shape index (κ2) is 7.06. The van der Waals surface area contributed by atoms with Gasteiger partial charge in [-0.1, -0.05) is 61.9 Å². The Balaban J connectivity index is 2.06. The molecule has 0 fully saturated rings. The fourth-order valence-electron chi connectivity index (χ4n) is 2.00. The number of carbonyl (C=O) groups is 1. The van der Waals surface area contributed by atoms with Crippen LogP contribution in [-0.4, -0.2) is 5.24 Å². The molecule has 102 valence electrons. The molecule has 2 aromatic rings. The lowest BCUT2D eigenvalue weighted by Gasteiger charge is -1.99. The lowest BCUT2D eigenvalue weighted by atomic mass is 10.1. The van der Waals surface area contributed by atoms with E-state index in [0.29, 0.717) is 5.56 Å². The molecule has 0 bridgehead atoms. The van der Waals surface area contributed by atoms with Crippen LogP contribution in [0, 0.1) is 0 Å². The fourth-order valence-corrected chi connectivity index (χ4v) is 2.13. The summed E-state index contributed by atoms with van der Waals surface area (Å²) >= 11 is 5.41. The Morgan fingerprint density at radius 3 is 1.90 bits per heavy atom. The third kappa shape index (κ3) is 4.07. The summed E-state index contributed by atoms with van der Waals surface area (Å²) in [4.78, 5) is 11.0. The topological polar surface area (TPSA) is 17.1 Å². The lowest BCUT2D eigenvalue weighted by Crippen LogP contribution is -1.87. The Labute approximate surface area is 124 Å². The second-order valence-corrected chi connectivity index (χ2v) is 5.06. The van der Waals surface area contributed by atoms with Gasteiger partial charge in [-0.15, -0.1) is 0 Å². The van der Waals surface area contributed by atoms with Crippen molar-refractivity contribution in [3.63, 3.8) is 0 Å². The molecule has 0 aliphatic heterocycles. The molecule has 1 nitrogen and oxygen atoms in total. The predicted molar refractivity (Wildman–Crippen MR) is 86.0 cm³/mol. The smallest absolute Gasteiger partial charge is 0.252 e. The van der Waals surface area contributed by atoms with E-state index in [0.717, 1.165) is 12.0 Å². The van der Waals surface area contributed by atoms with Crippen molar-refractivity contribution in [1.29, 1.82) is 0 Å². The maximum Gasteiger partial charge on any atom is 0.252 e. The first-order valence-corrected chi connectivity index (χ1v) is 7.14. The number of benzene rings is 2. The molecule has 2 aromatic carbocycles. The van der Waals surface area contributed by atoms with E-state index in [9.17, 15) is 4.79 Å². The van der Waals surface area contributed by atoms with Crippen molar-refractivity contribution < 1.29 is 4.79 Å². The molecule has 0 N–H and O–H groups in total. The maximum absolute atomic E-state index is 11.0. The van der Waals surface area contributed by atoms with Crippen LogP contribution in [0.4, 0.5) is 0 Å². The molecular weight excluding hydrogens is 268 g/mol. The van der Waals surface area contributed by atoms with Crippen LogP contribution < -0.4 is 0 Å². The molecule has 0 atom stereocenters. The number of carbonyl (C=O) groups excluding carboxylic acids is 1. The highest BCUT2D eigenvalue weighted by Gasteiger charge is 1.99. The van der Waals surface area contributed by atoms with Crippen LogP contribution in [0.3, 0.4) is 0 Å². The Kier molecular flexibility index (Phi) is 5.14. The Morgan fingerprint density at radius 2 is 1.45 bits per heavy atom. The molecule has 0 aliphatic carbocycles. The summed E-state index contributed by atoms with van der Waals surface area (Å²) in [7, 11) is 0. The van der Waals surface area contributed by atoms with Crippen molar-refractivity contribution in [3.05, 3.63) is 70.8 Å². The van der Waals surface area contributed by atoms with Crippen molar-refractivity contribution in [3.8, 4) is 0 Å². The quantitative estimate of drug-likeness (QED) is 0.545. The van der Waals surface area contributed by atoms with Gasteiger partial charge in [0.25, 0.3) is 5.24 Å². The van der Waals surface area contributed by atoms with Crippen molar-refractivity contribution in [2.75, 3.05) is 0 Å². The predicted octanol–water partition coefficient (Wildman–Crippen LogP) is 5.19. The second-order valence-electron chi connectivity index (χ2n) is 4.72. The summed E-state index contributed by atoms with van der Waals surface area (Å²) in [6, 6.07) is 15.8. The SMILES string of the molecule is CCCc1ccc(/C=C/c2ccc(C(=O)Cl)cc2)cc1. The van der Waals surface area contributed by atoms with Gasteiger partial charge in [0.05, 0.1) is 0 Å². The van der Waals surface area contributed by atoms with Gasteiger partial charge in [-0.3, -0.25) is 4.79 Å². The largest absolute Gasteiger partial charge is 0.276 e. The molecule has 2 rings (SSSR count). The molecule has 0 radical (unpaired) electrons. The highest BCUT2D eigenvalue weighted by Crippen LogP contribution is 2.12. The molecule has 0 amide bonds. The van der Waals surface area contributed by atoms with Gasteiger partial charge in [0.2, 0.25) is 0 Å². The van der Waals surface area contributed by atoms with Crippen LogP contribution in [0.15, 0.2) is 48.5 Å². The van der Waals surface area contributed by atoms with E-state index < -0.39 is 5.24 Å².